The topological polar surface area (TPSA) is 74.4 Å². The van der Waals surface area contributed by atoms with Crippen LogP contribution >= 0.6 is 0 Å². The Morgan fingerprint density at radius 3 is 2.71 bits per heavy atom. The lowest BCUT2D eigenvalue weighted by molar-refractivity contribution is -0.383. The number of hydrogen-bond donors (Lipinski definition) is 0. The molecule has 6 nitrogen and oxygen atoms in total. The molecule has 0 spiro atoms. The number of carbonyl (C=O) groups excluding carboxylic acids is 1. The summed E-state index contributed by atoms with van der Waals surface area (Å²) < 4.78 is 6.63. The third kappa shape index (κ3) is 1.54. The van der Waals surface area contributed by atoms with Crippen LogP contribution in [-0.4, -0.2) is 22.9 Å². The van der Waals surface area contributed by atoms with Crippen LogP contribution in [0.2, 0.25) is 0 Å². The van der Waals surface area contributed by atoms with Crippen molar-refractivity contribution in [2.45, 2.75) is 0 Å². The van der Waals surface area contributed by atoms with Gasteiger partial charge < -0.3 is 9.30 Å². The number of nitro benzene ring substituents is 1. The fourth-order valence-electron chi connectivity index (χ4n) is 1.92. The average Bonchev–Trinajstić information content (AvgIpc) is 2.64. The Labute approximate surface area is 96.6 Å². The van der Waals surface area contributed by atoms with E-state index < -0.39 is 4.92 Å². The van der Waals surface area contributed by atoms with E-state index in [2.05, 4.69) is 0 Å². The van der Waals surface area contributed by atoms with Crippen molar-refractivity contribution in [3.63, 3.8) is 0 Å². The van der Waals surface area contributed by atoms with E-state index in [1.807, 2.05) is 0 Å². The summed E-state index contributed by atoms with van der Waals surface area (Å²) >= 11 is 0. The Kier molecular flexibility index (Phi) is 2.55. The normalized spacial score (nSPS) is 10.5. The third-order valence-corrected chi connectivity index (χ3v) is 2.65. The van der Waals surface area contributed by atoms with Crippen molar-refractivity contribution in [2.75, 3.05) is 7.11 Å². The van der Waals surface area contributed by atoms with Crippen LogP contribution in [0.3, 0.4) is 0 Å². The number of methoxy groups -OCH3 is 1. The van der Waals surface area contributed by atoms with Crippen molar-refractivity contribution >= 4 is 22.9 Å². The molecule has 2 aromatic rings. The van der Waals surface area contributed by atoms with Crippen LogP contribution in [0.1, 0.15) is 10.4 Å². The minimum Gasteiger partial charge on any atom is -0.490 e. The molecule has 17 heavy (non-hydrogen) atoms. The van der Waals surface area contributed by atoms with E-state index in [1.165, 1.54) is 13.2 Å². The monoisotopic (exact) mass is 234 g/mol. The van der Waals surface area contributed by atoms with E-state index in [-0.39, 0.29) is 17.0 Å². The summed E-state index contributed by atoms with van der Waals surface area (Å²) in [5, 5.41) is 11.4. The van der Waals surface area contributed by atoms with Gasteiger partial charge in [0.1, 0.15) is 0 Å². The molecule has 0 saturated heterocycles. The SMILES string of the molecule is COc1ccc2c(c(C=O)cn2C)c1[N+](=O)[O-]. The van der Waals surface area contributed by atoms with E-state index in [4.69, 9.17) is 4.74 Å². The van der Waals surface area contributed by atoms with Gasteiger partial charge >= 0.3 is 5.69 Å². The van der Waals surface area contributed by atoms with Crippen LogP contribution in [0.4, 0.5) is 5.69 Å². The Morgan fingerprint density at radius 1 is 1.47 bits per heavy atom. The maximum absolute atomic E-state index is 11.1. The molecule has 0 bridgehead atoms. The summed E-state index contributed by atoms with van der Waals surface area (Å²) in [6.07, 6.45) is 2.17. The second kappa shape index (κ2) is 3.89. The Bertz CT molecular complexity index is 615. The zero-order valence-corrected chi connectivity index (χ0v) is 9.34. The number of benzene rings is 1. The van der Waals surface area contributed by atoms with Crippen LogP contribution in [0, 0.1) is 10.1 Å². The molecule has 1 heterocycles. The van der Waals surface area contributed by atoms with Gasteiger partial charge in [-0.15, -0.1) is 0 Å². The molecule has 0 aliphatic heterocycles. The standard InChI is InChI=1S/C11H10N2O4/c1-12-5-7(6-14)10-8(12)3-4-9(17-2)11(10)13(15)16/h3-6H,1-2H3. The van der Waals surface area contributed by atoms with Crippen LogP contribution in [0.5, 0.6) is 5.75 Å². The highest BCUT2D eigenvalue weighted by atomic mass is 16.6. The Balaban J connectivity index is 2.97. The first-order valence-corrected chi connectivity index (χ1v) is 4.85. The third-order valence-electron chi connectivity index (χ3n) is 2.65. The van der Waals surface area contributed by atoms with Gasteiger partial charge in [0.25, 0.3) is 0 Å². The number of nitrogens with zero attached hydrogens (tertiary/aromatic N) is 2. The smallest absolute Gasteiger partial charge is 0.320 e. The minimum atomic E-state index is -0.534. The predicted octanol–water partition coefficient (Wildman–Crippen LogP) is 1.91. The number of aldehydes is 1. The maximum atomic E-state index is 11.1. The summed E-state index contributed by atoms with van der Waals surface area (Å²) in [4.78, 5) is 21.5. The van der Waals surface area contributed by atoms with Crippen molar-refractivity contribution in [1.29, 1.82) is 0 Å². The molecule has 0 radical (unpaired) electrons. The summed E-state index contributed by atoms with van der Waals surface area (Å²) in [5.74, 6) is 0.150. The van der Waals surface area contributed by atoms with Gasteiger partial charge in [-0.1, -0.05) is 0 Å². The van der Waals surface area contributed by atoms with Crippen molar-refractivity contribution in [1.82, 2.24) is 4.57 Å². The minimum absolute atomic E-state index is 0.150. The number of fused-ring (bicyclic) bond motifs is 1. The second-order valence-electron chi connectivity index (χ2n) is 3.58. The molecule has 0 aliphatic carbocycles. The molecule has 1 aromatic carbocycles. The summed E-state index contributed by atoms with van der Waals surface area (Å²) in [6, 6.07) is 3.21. The average molecular weight is 234 g/mol. The second-order valence-corrected chi connectivity index (χ2v) is 3.58. The van der Waals surface area contributed by atoms with Crippen molar-refractivity contribution in [3.05, 3.63) is 34.0 Å². The number of hydrogen-bond acceptors (Lipinski definition) is 4. The fourth-order valence-corrected chi connectivity index (χ4v) is 1.92. The maximum Gasteiger partial charge on any atom is 0.320 e. The molecule has 0 saturated carbocycles. The molecular weight excluding hydrogens is 224 g/mol. The van der Waals surface area contributed by atoms with Crippen LogP contribution in [0.15, 0.2) is 18.3 Å². The quantitative estimate of drug-likeness (QED) is 0.462. The van der Waals surface area contributed by atoms with Gasteiger partial charge in [0, 0.05) is 18.8 Å². The molecule has 0 N–H and O–H groups in total. The van der Waals surface area contributed by atoms with Crippen molar-refractivity contribution in [2.24, 2.45) is 7.05 Å². The lowest BCUT2D eigenvalue weighted by Gasteiger charge is -2.03. The molecule has 0 atom stereocenters. The summed E-state index contributed by atoms with van der Waals surface area (Å²) in [6.45, 7) is 0. The first kappa shape index (κ1) is 11.1. The molecule has 2 rings (SSSR count). The van der Waals surface area contributed by atoms with Gasteiger partial charge in [0.2, 0.25) is 0 Å². The number of aryl methyl sites for hydroxylation is 1. The van der Waals surface area contributed by atoms with Gasteiger partial charge in [0.15, 0.2) is 12.0 Å². The number of aromatic nitrogens is 1. The molecule has 0 fully saturated rings. The van der Waals surface area contributed by atoms with Crippen molar-refractivity contribution in [3.8, 4) is 5.75 Å². The Morgan fingerprint density at radius 2 is 2.18 bits per heavy atom. The van der Waals surface area contributed by atoms with E-state index in [0.29, 0.717) is 17.2 Å². The molecule has 6 heteroatoms. The summed E-state index contributed by atoms with van der Waals surface area (Å²) in [7, 11) is 3.09. The first-order chi connectivity index (χ1) is 8.10. The van der Waals surface area contributed by atoms with Gasteiger partial charge in [0.05, 0.1) is 22.9 Å². The lowest BCUT2D eigenvalue weighted by atomic mass is 10.1. The zero-order chi connectivity index (χ0) is 12.6. The molecule has 88 valence electrons. The van der Waals surface area contributed by atoms with Crippen molar-refractivity contribution < 1.29 is 14.5 Å². The van der Waals surface area contributed by atoms with Gasteiger partial charge in [-0.25, -0.2) is 0 Å². The number of rotatable bonds is 3. The van der Waals surface area contributed by atoms with Gasteiger partial charge in [-0.05, 0) is 12.1 Å². The number of carbonyl (C=O) groups is 1. The first-order valence-electron chi connectivity index (χ1n) is 4.85. The van der Waals surface area contributed by atoms with E-state index >= 15 is 0 Å². The van der Waals surface area contributed by atoms with E-state index in [0.717, 1.165) is 0 Å². The lowest BCUT2D eigenvalue weighted by Crippen LogP contribution is -1.95. The van der Waals surface area contributed by atoms with Crippen LogP contribution in [-0.2, 0) is 7.05 Å². The molecule has 1 aromatic heterocycles. The number of ether oxygens (including phenoxy) is 1. The highest BCUT2D eigenvalue weighted by Gasteiger charge is 2.23. The largest absolute Gasteiger partial charge is 0.490 e. The zero-order valence-electron chi connectivity index (χ0n) is 9.34. The highest BCUT2D eigenvalue weighted by molar-refractivity contribution is 6.04. The van der Waals surface area contributed by atoms with E-state index in [1.54, 1.807) is 23.9 Å². The van der Waals surface area contributed by atoms with Gasteiger partial charge in [-0.3, -0.25) is 14.9 Å². The highest BCUT2D eigenvalue weighted by Crippen LogP contribution is 2.37. The predicted molar refractivity (Wildman–Crippen MR) is 61.5 cm³/mol. The summed E-state index contributed by atoms with van der Waals surface area (Å²) in [5.41, 5.74) is 0.736. The molecule has 0 amide bonds. The Hall–Kier alpha value is -2.37. The molecule has 0 unspecified atom stereocenters. The van der Waals surface area contributed by atoms with Gasteiger partial charge in [-0.2, -0.15) is 0 Å². The molecule has 0 aliphatic rings. The van der Waals surface area contributed by atoms with E-state index in [9.17, 15) is 14.9 Å². The van der Waals surface area contributed by atoms with Crippen LogP contribution < -0.4 is 4.74 Å². The fraction of sp³-hybridized carbons (Fsp3) is 0.182. The van der Waals surface area contributed by atoms with Crippen LogP contribution in [0.25, 0.3) is 10.9 Å². The molecular formula is C11H10N2O4. The number of nitro groups is 1.